The first-order valence-corrected chi connectivity index (χ1v) is 11.0. The highest BCUT2D eigenvalue weighted by Crippen LogP contribution is 2.38. The van der Waals surface area contributed by atoms with Gasteiger partial charge >= 0.3 is 0 Å². The van der Waals surface area contributed by atoms with Crippen molar-refractivity contribution >= 4 is 0 Å². The molecule has 4 heteroatoms. The molecule has 0 amide bonds. The number of hydrogen-bond donors (Lipinski definition) is 1. The van der Waals surface area contributed by atoms with Gasteiger partial charge in [0, 0.05) is 19.8 Å². The molecule has 0 aromatic heterocycles. The molecule has 0 bridgehead atoms. The monoisotopic (exact) mass is 395 g/mol. The quantitative estimate of drug-likeness (QED) is 0.715. The third-order valence-corrected chi connectivity index (χ3v) is 6.47. The molecule has 2 aromatic carbocycles. The van der Waals surface area contributed by atoms with Crippen LogP contribution in [-0.4, -0.2) is 42.4 Å². The Labute approximate surface area is 174 Å². The van der Waals surface area contributed by atoms with Crippen LogP contribution >= 0.6 is 0 Å². The van der Waals surface area contributed by atoms with E-state index < -0.39 is 0 Å². The maximum Gasteiger partial charge on any atom is 0.127 e. The molecule has 4 rings (SSSR count). The van der Waals surface area contributed by atoms with Crippen LogP contribution in [0.3, 0.4) is 0 Å². The van der Waals surface area contributed by atoms with Gasteiger partial charge in [0.05, 0.1) is 6.10 Å². The van der Waals surface area contributed by atoms with E-state index in [1.165, 1.54) is 18.4 Å². The summed E-state index contributed by atoms with van der Waals surface area (Å²) in [5, 5.41) is 10.1. The summed E-state index contributed by atoms with van der Waals surface area (Å²) in [5.74, 6) is 1.74. The lowest BCUT2D eigenvalue weighted by Crippen LogP contribution is -2.44. The molecule has 4 nitrogen and oxygen atoms in total. The van der Waals surface area contributed by atoms with E-state index >= 15 is 0 Å². The van der Waals surface area contributed by atoms with Gasteiger partial charge in [-0.3, -0.25) is 4.90 Å². The zero-order chi connectivity index (χ0) is 19.9. The lowest BCUT2D eigenvalue weighted by atomic mass is 9.74. The smallest absolute Gasteiger partial charge is 0.127 e. The summed E-state index contributed by atoms with van der Waals surface area (Å²) in [6.45, 7) is 4.14. The zero-order valence-electron chi connectivity index (χ0n) is 17.3. The average molecular weight is 396 g/mol. The Balaban J connectivity index is 1.31. The first-order valence-electron chi connectivity index (χ1n) is 11.0. The van der Waals surface area contributed by atoms with Gasteiger partial charge in [0.1, 0.15) is 11.5 Å². The third-order valence-electron chi connectivity index (χ3n) is 6.47. The molecular weight excluding hydrogens is 362 g/mol. The van der Waals surface area contributed by atoms with Crippen LogP contribution in [0.4, 0.5) is 0 Å². The van der Waals surface area contributed by atoms with Crippen LogP contribution in [0.2, 0.25) is 0 Å². The van der Waals surface area contributed by atoms with Crippen molar-refractivity contribution in [2.75, 3.05) is 26.3 Å². The fourth-order valence-electron chi connectivity index (χ4n) is 4.65. The Hall–Kier alpha value is -1.88. The Morgan fingerprint density at radius 3 is 2.52 bits per heavy atom. The molecule has 2 saturated heterocycles. The second-order valence-electron chi connectivity index (χ2n) is 8.69. The first kappa shape index (κ1) is 20.4. The largest absolute Gasteiger partial charge is 0.457 e. The average Bonchev–Trinajstić information content (AvgIpc) is 2.77. The van der Waals surface area contributed by atoms with E-state index in [0.29, 0.717) is 6.10 Å². The fraction of sp³-hybridized carbons (Fsp3) is 0.520. The minimum Gasteiger partial charge on any atom is -0.457 e. The van der Waals surface area contributed by atoms with Crippen molar-refractivity contribution < 1.29 is 14.6 Å². The molecule has 1 atom stereocenters. The molecular formula is C25H33NO3. The highest BCUT2D eigenvalue weighted by atomic mass is 16.5. The van der Waals surface area contributed by atoms with Crippen LogP contribution in [0.5, 0.6) is 11.5 Å². The number of aliphatic hydroxyl groups excluding tert-OH is 1. The van der Waals surface area contributed by atoms with Gasteiger partial charge in [-0.25, -0.2) is 0 Å². The van der Waals surface area contributed by atoms with Crippen LogP contribution in [0.1, 0.15) is 44.1 Å². The number of benzene rings is 2. The van der Waals surface area contributed by atoms with Crippen molar-refractivity contribution in [3.8, 4) is 11.5 Å². The van der Waals surface area contributed by atoms with Crippen LogP contribution in [0.25, 0.3) is 0 Å². The number of nitrogens with zero attached hydrogens (tertiary/aromatic N) is 1. The van der Waals surface area contributed by atoms with Crippen molar-refractivity contribution in [3.63, 3.8) is 0 Å². The molecule has 0 saturated carbocycles. The standard InChI is InChI=1S/C25H33NO3/c27-20-25(18-24-10-4-5-16-28-24)12-14-26(15-13-25)19-21-7-6-11-23(17-21)29-22-8-2-1-3-9-22/h1-3,6-9,11,17,24,27H,4-5,10,12-16,18-20H2. The summed E-state index contributed by atoms with van der Waals surface area (Å²) >= 11 is 0. The number of aliphatic hydroxyl groups is 1. The SMILES string of the molecule is OCC1(CC2CCCCO2)CCN(Cc2cccc(Oc3ccccc3)c2)CC1. The lowest BCUT2D eigenvalue weighted by Gasteiger charge is -2.43. The Morgan fingerprint density at radius 1 is 1.00 bits per heavy atom. The molecule has 2 fully saturated rings. The number of piperidine rings is 1. The Bertz CT molecular complexity index is 750. The van der Waals surface area contributed by atoms with E-state index in [2.05, 4.69) is 23.1 Å². The molecule has 1 unspecified atom stereocenters. The number of ether oxygens (including phenoxy) is 2. The van der Waals surface area contributed by atoms with Crippen LogP contribution in [0.15, 0.2) is 54.6 Å². The molecule has 2 aromatic rings. The predicted molar refractivity (Wildman–Crippen MR) is 115 cm³/mol. The molecule has 2 aliphatic heterocycles. The van der Waals surface area contributed by atoms with Crippen molar-refractivity contribution in [1.29, 1.82) is 0 Å². The Morgan fingerprint density at radius 2 is 1.79 bits per heavy atom. The molecule has 2 aliphatic rings. The predicted octanol–water partition coefficient (Wildman–Crippen LogP) is 5.01. The van der Waals surface area contributed by atoms with Crippen molar-refractivity contribution in [2.24, 2.45) is 5.41 Å². The molecule has 2 heterocycles. The molecule has 0 radical (unpaired) electrons. The van der Waals surface area contributed by atoms with E-state index in [-0.39, 0.29) is 12.0 Å². The highest BCUT2D eigenvalue weighted by molar-refractivity contribution is 5.33. The maximum atomic E-state index is 10.1. The summed E-state index contributed by atoms with van der Waals surface area (Å²) in [5.41, 5.74) is 1.31. The van der Waals surface area contributed by atoms with Crippen LogP contribution in [0, 0.1) is 5.41 Å². The van der Waals surface area contributed by atoms with Gasteiger partial charge in [0.15, 0.2) is 0 Å². The molecule has 0 spiro atoms. The normalized spacial score (nSPS) is 22.3. The van der Waals surface area contributed by atoms with Gasteiger partial charge in [-0.1, -0.05) is 30.3 Å². The highest BCUT2D eigenvalue weighted by Gasteiger charge is 2.36. The second-order valence-corrected chi connectivity index (χ2v) is 8.69. The van der Waals surface area contributed by atoms with Crippen LogP contribution < -0.4 is 4.74 Å². The summed E-state index contributed by atoms with van der Waals surface area (Å²) in [4.78, 5) is 2.50. The number of rotatable bonds is 7. The topological polar surface area (TPSA) is 41.9 Å². The van der Waals surface area contributed by atoms with E-state index in [1.54, 1.807) is 0 Å². The van der Waals surface area contributed by atoms with Gasteiger partial charge in [0.25, 0.3) is 0 Å². The van der Waals surface area contributed by atoms with Crippen molar-refractivity contribution in [1.82, 2.24) is 4.90 Å². The first-order chi connectivity index (χ1) is 14.2. The molecule has 1 N–H and O–H groups in total. The number of para-hydroxylation sites is 1. The van der Waals surface area contributed by atoms with Gasteiger partial charge in [-0.15, -0.1) is 0 Å². The second kappa shape index (κ2) is 9.75. The van der Waals surface area contributed by atoms with E-state index in [9.17, 15) is 5.11 Å². The lowest BCUT2D eigenvalue weighted by molar-refractivity contribution is -0.0486. The summed E-state index contributed by atoms with van der Waals surface area (Å²) < 4.78 is 11.9. The van der Waals surface area contributed by atoms with Gasteiger partial charge in [-0.05, 0) is 86.9 Å². The number of likely N-dealkylation sites (tertiary alicyclic amines) is 1. The minimum absolute atomic E-state index is 0.0385. The maximum absolute atomic E-state index is 10.1. The van der Waals surface area contributed by atoms with E-state index in [1.807, 2.05) is 36.4 Å². The summed E-state index contributed by atoms with van der Waals surface area (Å²) in [6, 6.07) is 18.3. The van der Waals surface area contributed by atoms with Crippen molar-refractivity contribution in [2.45, 2.75) is 51.2 Å². The zero-order valence-corrected chi connectivity index (χ0v) is 17.3. The third kappa shape index (κ3) is 5.59. The van der Waals surface area contributed by atoms with Gasteiger partial charge in [-0.2, -0.15) is 0 Å². The summed E-state index contributed by atoms with van der Waals surface area (Å²) in [7, 11) is 0. The van der Waals surface area contributed by atoms with E-state index in [4.69, 9.17) is 9.47 Å². The number of hydrogen-bond acceptors (Lipinski definition) is 4. The fourth-order valence-corrected chi connectivity index (χ4v) is 4.65. The van der Waals surface area contributed by atoms with E-state index in [0.717, 1.165) is 63.4 Å². The van der Waals surface area contributed by atoms with Gasteiger partial charge in [0.2, 0.25) is 0 Å². The molecule has 156 valence electrons. The van der Waals surface area contributed by atoms with Crippen LogP contribution in [-0.2, 0) is 11.3 Å². The molecule has 0 aliphatic carbocycles. The molecule has 29 heavy (non-hydrogen) atoms. The Kier molecular flexibility index (Phi) is 6.86. The van der Waals surface area contributed by atoms with Crippen molar-refractivity contribution in [3.05, 3.63) is 60.2 Å². The minimum atomic E-state index is 0.0385. The summed E-state index contributed by atoms with van der Waals surface area (Å²) in [6.07, 6.45) is 7.04. The van der Waals surface area contributed by atoms with Gasteiger partial charge < -0.3 is 14.6 Å².